The van der Waals surface area contributed by atoms with E-state index in [1.165, 1.54) is 21.5 Å². The van der Waals surface area contributed by atoms with E-state index in [1.54, 1.807) is 50.2 Å². The van der Waals surface area contributed by atoms with Gasteiger partial charge in [-0.3, -0.25) is 0 Å². The Kier molecular flexibility index (Phi) is 13.0. The van der Waals surface area contributed by atoms with Gasteiger partial charge in [-0.15, -0.1) is 20.5 Å². The van der Waals surface area contributed by atoms with Crippen LogP contribution in [0.2, 0.25) is 0 Å². The summed E-state index contributed by atoms with van der Waals surface area (Å²) < 4.78 is 2.81. The molecule has 4 aromatic carbocycles. The second kappa shape index (κ2) is 16.7. The maximum Gasteiger partial charge on any atom is 1.00 e. The molecule has 0 spiro atoms. The predicted octanol–water partition coefficient (Wildman–Crippen LogP) is 5.32. The Bertz CT molecular complexity index is 1990. The van der Waals surface area contributed by atoms with Crippen LogP contribution in [0.1, 0.15) is 17.0 Å². The molecule has 0 saturated heterocycles. The van der Waals surface area contributed by atoms with Crippen molar-refractivity contribution in [3.63, 3.8) is 0 Å². The number of phenolic OH excluding ortho intramolecular Hbond substituents is 2. The molecule has 4 N–H and O–H groups in total. The second-order valence-electron chi connectivity index (χ2n) is 9.89. The van der Waals surface area contributed by atoms with Crippen molar-refractivity contribution in [3.8, 4) is 34.6 Å². The number of nitrogens with zero attached hydrogens (tertiary/aromatic N) is 8. The van der Waals surface area contributed by atoms with Crippen LogP contribution in [0.4, 0.5) is 22.7 Å². The van der Waals surface area contributed by atoms with E-state index in [-0.39, 0.29) is 81.6 Å². The third-order valence-corrected chi connectivity index (χ3v) is 6.57. The topological polar surface area (TPSA) is 166 Å². The van der Waals surface area contributed by atoms with Gasteiger partial charge in [-0.25, -0.2) is 0 Å². The molecule has 47 heavy (non-hydrogen) atoms. The van der Waals surface area contributed by atoms with E-state index in [0.717, 1.165) is 16.9 Å². The molecule has 2 aromatic heterocycles. The number of hydrogen-bond donors (Lipinski definition) is 4. The molecule has 6 rings (SSSR count). The minimum absolute atomic E-state index is 0. The molecule has 0 atom stereocenters. The Morgan fingerprint density at radius 1 is 0.489 bits per heavy atom. The van der Waals surface area contributed by atoms with Gasteiger partial charge in [-0.1, -0.05) is 60.2 Å². The van der Waals surface area contributed by atoms with Gasteiger partial charge in [-0.05, 0) is 69.3 Å². The third-order valence-electron chi connectivity index (χ3n) is 6.57. The summed E-state index contributed by atoms with van der Waals surface area (Å²) in [7, 11) is 0. The molecule has 0 fully saturated rings. The molecular weight excluding hydrogens is 647 g/mol. The van der Waals surface area contributed by atoms with Crippen molar-refractivity contribution in [2.75, 3.05) is 0 Å². The van der Waals surface area contributed by atoms with Crippen molar-refractivity contribution >= 4 is 22.7 Å². The summed E-state index contributed by atoms with van der Waals surface area (Å²) in [6, 6.07) is 30.1. The van der Waals surface area contributed by atoms with Gasteiger partial charge in [0.25, 0.3) is 0 Å². The van der Waals surface area contributed by atoms with Gasteiger partial charge in [0.1, 0.15) is 22.9 Å². The number of azo groups is 2. The Labute approximate surface area is 303 Å². The van der Waals surface area contributed by atoms with Gasteiger partial charge in [-0.2, -0.15) is 19.6 Å². The van der Waals surface area contributed by atoms with E-state index in [1.807, 2.05) is 61.5 Å². The van der Waals surface area contributed by atoms with Crippen molar-refractivity contribution in [2.45, 2.75) is 20.8 Å². The van der Waals surface area contributed by atoms with Crippen LogP contribution in [-0.2, 0) is 17.4 Å². The van der Waals surface area contributed by atoms with Crippen molar-refractivity contribution in [2.24, 2.45) is 20.5 Å². The van der Waals surface area contributed by atoms with Crippen LogP contribution < -0.4 is 29.6 Å². The molecule has 0 aliphatic heterocycles. The molecule has 0 amide bonds. The fraction of sp³-hybridized carbons (Fsp3) is 0.0909. The van der Waals surface area contributed by atoms with Gasteiger partial charge in [0.05, 0.1) is 22.8 Å². The molecule has 14 heteroatoms. The summed E-state index contributed by atoms with van der Waals surface area (Å²) in [6.07, 6.45) is 0. The third kappa shape index (κ3) is 8.74. The maximum absolute atomic E-state index is 10.4. The number of aromatic nitrogens is 4. The Hall–Kier alpha value is -4.77. The zero-order chi connectivity index (χ0) is 31.9. The van der Waals surface area contributed by atoms with Crippen molar-refractivity contribution in [3.05, 3.63) is 120 Å². The number of para-hydroxylation sites is 3. The SMILES string of the molecule is Cc1ccc(-n2nc(C)c(N=Nc3ccccc3O)c2O)cc1.Cc1nn(-c2ccccc2)c(O)c1N=Nc1ccccc1O.[Cr].[Na+]. The van der Waals surface area contributed by atoms with Crippen molar-refractivity contribution in [1.82, 2.24) is 19.6 Å². The van der Waals surface area contributed by atoms with Crippen LogP contribution in [0, 0.1) is 20.8 Å². The summed E-state index contributed by atoms with van der Waals surface area (Å²) in [5, 5.41) is 64.6. The Balaban J connectivity index is 0.000000245. The minimum atomic E-state index is -0.0946. The summed E-state index contributed by atoms with van der Waals surface area (Å²) >= 11 is 0. The van der Waals surface area contributed by atoms with E-state index < -0.39 is 0 Å². The standard InChI is InChI=1S/C17H16N4O2.C16H14N4O2.Cr.Na/c1-11-7-9-13(10-8-11)21-17(23)16(12(2)20-21)19-18-14-5-3-4-6-15(14)22;1-11-15(18-17-13-9-5-6-10-14(13)21)16(22)20(19-11)12-7-3-2-4-8-12;;/h3-10,22-23H,1-2H3;2-10,21-22H,1H3;;/q;;;+1. The Morgan fingerprint density at radius 2 is 0.872 bits per heavy atom. The number of hydrogen-bond acceptors (Lipinski definition) is 10. The van der Waals surface area contributed by atoms with Crippen molar-refractivity contribution < 1.29 is 67.3 Å². The zero-order valence-electron chi connectivity index (χ0n) is 26.1. The average Bonchev–Trinajstić information content (AvgIpc) is 3.50. The summed E-state index contributed by atoms with van der Waals surface area (Å²) in [5.74, 6) is -0.133. The first-order valence-corrected chi connectivity index (χ1v) is 13.8. The molecule has 0 aliphatic rings. The summed E-state index contributed by atoms with van der Waals surface area (Å²) in [4.78, 5) is 0. The predicted molar refractivity (Wildman–Crippen MR) is 169 cm³/mol. The van der Waals surface area contributed by atoms with Crippen LogP contribution in [-0.4, -0.2) is 40.0 Å². The van der Waals surface area contributed by atoms with E-state index in [9.17, 15) is 20.4 Å². The molecule has 0 saturated carbocycles. The largest absolute Gasteiger partial charge is 1.00 e. The molecule has 0 bridgehead atoms. The maximum atomic E-state index is 10.4. The number of benzene rings is 4. The van der Waals surface area contributed by atoms with E-state index in [2.05, 4.69) is 30.7 Å². The van der Waals surface area contributed by atoms with Gasteiger partial charge in [0.15, 0.2) is 11.4 Å². The number of rotatable bonds is 6. The fourth-order valence-corrected chi connectivity index (χ4v) is 4.17. The molecule has 2 heterocycles. The molecule has 0 aliphatic carbocycles. The Morgan fingerprint density at radius 3 is 1.30 bits per heavy atom. The molecule has 0 radical (unpaired) electrons. The first-order valence-electron chi connectivity index (χ1n) is 13.8. The molecule has 232 valence electrons. The van der Waals surface area contributed by atoms with Crippen LogP contribution in [0.5, 0.6) is 23.3 Å². The van der Waals surface area contributed by atoms with Gasteiger partial charge in [0.2, 0.25) is 11.8 Å². The van der Waals surface area contributed by atoms with Crippen LogP contribution in [0.25, 0.3) is 11.4 Å². The monoisotopic (exact) mass is 677 g/mol. The molecule has 12 nitrogen and oxygen atoms in total. The van der Waals surface area contributed by atoms with E-state index in [0.29, 0.717) is 22.8 Å². The van der Waals surface area contributed by atoms with E-state index >= 15 is 0 Å². The van der Waals surface area contributed by atoms with Crippen LogP contribution in [0.3, 0.4) is 0 Å². The smallest absolute Gasteiger partial charge is 0.506 e. The minimum Gasteiger partial charge on any atom is -0.506 e. The zero-order valence-corrected chi connectivity index (χ0v) is 29.4. The first-order chi connectivity index (χ1) is 21.7. The first kappa shape index (κ1) is 36.7. The fourth-order valence-electron chi connectivity index (χ4n) is 4.17. The van der Waals surface area contributed by atoms with Gasteiger partial charge >= 0.3 is 29.6 Å². The number of phenols is 2. The van der Waals surface area contributed by atoms with Crippen LogP contribution >= 0.6 is 0 Å². The number of aryl methyl sites for hydroxylation is 3. The van der Waals surface area contributed by atoms with E-state index in [4.69, 9.17) is 0 Å². The van der Waals surface area contributed by atoms with Crippen molar-refractivity contribution in [1.29, 1.82) is 0 Å². The second-order valence-corrected chi connectivity index (χ2v) is 9.89. The van der Waals surface area contributed by atoms with Gasteiger partial charge in [0, 0.05) is 17.4 Å². The molecule has 6 aromatic rings. The normalized spacial score (nSPS) is 10.7. The van der Waals surface area contributed by atoms with Gasteiger partial charge < -0.3 is 20.4 Å². The summed E-state index contributed by atoms with van der Waals surface area (Å²) in [5.41, 5.74) is 4.87. The summed E-state index contributed by atoms with van der Waals surface area (Å²) in [6.45, 7) is 5.46. The average molecular weight is 678 g/mol. The van der Waals surface area contributed by atoms with Crippen LogP contribution in [0.15, 0.2) is 124 Å². The quantitative estimate of drug-likeness (QED) is 0.138. The molecule has 0 unspecified atom stereocenters. The number of aromatic hydroxyl groups is 4. The molecular formula is C33H30CrN8NaO4+.